The van der Waals surface area contributed by atoms with E-state index >= 15 is 0 Å². The molecule has 3 aromatic rings. The van der Waals surface area contributed by atoms with E-state index in [1.54, 1.807) is 29.0 Å². The van der Waals surface area contributed by atoms with Crippen LogP contribution in [0.25, 0.3) is 11.2 Å². The van der Waals surface area contributed by atoms with Crippen molar-refractivity contribution < 1.29 is 33.1 Å². The summed E-state index contributed by atoms with van der Waals surface area (Å²) in [4.78, 5) is 8.69. The number of aromatic nitrogens is 3. The van der Waals surface area contributed by atoms with Crippen LogP contribution in [0.15, 0.2) is 42.9 Å². The van der Waals surface area contributed by atoms with Crippen LogP contribution >= 0.6 is 19.4 Å². The second-order valence-corrected chi connectivity index (χ2v) is 10.7. The zero-order chi connectivity index (χ0) is 24.1. The number of aliphatic hydroxyl groups is 2. The summed E-state index contributed by atoms with van der Waals surface area (Å²) in [6, 6.07) is 8.91. The largest absolute Gasteiger partial charge is 0.475 e. The highest BCUT2D eigenvalue weighted by atomic mass is 35.5. The van der Waals surface area contributed by atoms with Crippen LogP contribution in [0, 0.1) is 6.92 Å². The van der Waals surface area contributed by atoms with Crippen LogP contribution in [0.2, 0.25) is 5.02 Å². The number of hydrogen-bond acceptors (Lipinski definition) is 9. The molecule has 182 valence electrons. The monoisotopic (exact) mass is 509 g/mol. The second-order valence-electron chi connectivity index (χ2n) is 8.66. The summed E-state index contributed by atoms with van der Waals surface area (Å²) >= 11 is 6.06. The molecule has 0 amide bonds. The first-order valence-electron chi connectivity index (χ1n) is 10.8. The number of pyridine rings is 1. The molecular weight excluding hydrogens is 485 g/mol. The smallest absolute Gasteiger partial charge is 0.387 e. The zero-order valence-electron chi connectivity index (χ0n) is 18.6. The summed E-state index contributed by atoms with van der Waals surface area (Å²) in [6.07, 6.45) is -0.251. The van der Waals surface area contributed by atoms with Gasteiger partial charge in [0.15, 0.2) is 11.9 Å². The fourth-order valence-corrected chi connectivity index (χ4v) is 5.88. The van der Waals surface area contributed by atoms with Gasteiger partial charge < -0.3 is 14.9 Å². The van der Waals surface area contributed by atoms with E-state index in [2.05, 4.69) is 9.97 Å². The van der Waals surface area contributed by atoms with Gasteiger partial charge in [-0.2, -0.15) is 0 Å². The number of ether oxygens (including phenoxy) is 1. The molecule has 0 aliphatic carbocycles. The van der Waals surface area contributed by atoms with Crippen LogP contribution in [-0.2, 0) is 22.9 Å². The Bertz CT molecular complexity index is 1250. The van der Waals surface area contributed by atoms with E-state index in [-0.39, 0.29) is 13.2 Å². The van der Waals surface area contributed by atoms with Crippen LogP contribution in [0.1, 0.15) is 36.8 Å². The third kappa shape index (κ3) is 4.29. The molecule has 2 aliphatic rings. The Labute approximate surface area is 201 Å². The van der Waals surface area contributed by atoms with Gasteiger partial charge in [-0.15, -0.1) is 0 Å². The zero-order valence-corrected chi connectivity index (χ0v) is 20.2. The fourth-order valence-electron chi connectivity index (χ4n) is 4.29. The molecule has 10 nitrogen and oxygen atoms in total. The third-order valence-electron chi connectivity index (χ3n) is 6.17. The predicted octanol–water partition coefficient (Wildman–Crippen LogP) is 3.71. The molecule has 1 aromatic carbocycles. The molecule has 2 N–H and O–H groups in total. The maximum absolute atomic E-state index is 13.1. The van der Waals surface area contributed by atoms with Crippen LogP contribution in [0.3, 0.4) is 0 Å². The average molecular weight is 510 g/mol. The van der Waals surface area contributed by atoms with Crippen LogP contribution in [-0.4, -0.2) is 55.8 Å². The number of phosphoric ester groups is 1. The first kappa shape index (κ1) is 23.8. The Kier molecular flexibility index (Phi) is 6.29. The number of phosphoric acid groups is 1. The van der Waals surface area contributed by atoms with E-state index in [0.29, 0.717) is 22.6 Å². The van der Waals surface area contributed by atoms with Crippen molar-refractivity contribution in [3.8, 4) is 0 Å². The number of aryl methyl sites for hydroxylation is 1. The van der Waals surface area contributed by atoms with Crippen molar-refractivity contribution in [3.05, 3.63) is 59.0 Å². The Morgan fingerprint density at radius 3 is 2.97 bits per heavy atom. The van der Waals surface area contributed by atoms with Crippen molar-refractivity contribution in [1.82, 2.24) is 14.5 Å². The van der Waals surface area contributed by atoms with Crippen LogP contribution in [0.4, 0.5) is 0 Å². The van der Waals surface area contributed by atoms with E-state index in [0.717, 1.165) is 11.1 Å². The highest BCUT2D eigenvalue weighted by Crippen LogP contribution is 2.57. The van der Waals surface area contributed by atoms with Crippen molar-refractivity contribution in [1.29, 1.82) is 0 Å². The van der Waals surface area contributed by atoms with Crippen LogP contribution < -0.4 is 0 Å². The highest BCUT2D eigenvalue weighted by molar-refractivity contribution is 7.48. The Hall–Kier alpha value is -1.88. The molecule has 0 saturated carbocycles. The lowest BCUT2D eigenvalue weighted by molar-refractivity contribution is -0.0953. The van der Waals surface area contributed by atoms with E-state index in [9.17, 15) is 14.8 Å². The Morgan fingerprint density at radius 1 is 1.35 bits per heavy atom. The second kappa shape index (κ2) is 8.96. The molecule has 34 heavy (non-hydrogen) atoms. The van der Waals surface area contributed by atoms with Gasteiger partial charge in [-0.25, -0.2) is 14.5 Å². The number of rotatable bonds is 5. The predicted molar refractivity (Wildman–Crippen MR) is 122 cm³/mol. The molecule has 2 aromatic heterocycles. The summed E-state index contributed by atoms with van der Waals surface area (Å²) in [6.45, 7) is 3.19. The number of nitrogens with zero attached hydrogens (tertiary/aromatic N) is 3. The minimum atomic E-state index is -3.94. The quantitative estimate of drug-likeness (QED) is 0.495. The molecule has 6 atom stereocenters. The van der Waals surface area contributed by atoms with Gasteiger partial charge in [0.1, 0.15) is 23.3 Å². The summed E-state index contributed by atoms with van der Waals surface area (Å²) in [5.41, 5.74) is 1.15. The van der Waals surface area contributed by atoms with Gasteiger partial charge in [-0.3, -0.25) is 18.1 Å². The van der Waals surface area contributed by atoms with Gasteiger partial charge in [0.2, 0.25) is 0 Å². The minimum Gasteiger partial charge on any atom is -0.387 e. The van der Waals surface area contributed by atoms with Gasteiger partial charge in [-0.1, -0.05) is 23.7 Å². The first-order chi connectivity index (χ1) is 16.2. The number of benzene rings is 1. The summed E-state index contributed by atoms with van der Waals surface area (Å²) in [7, 11) is -3.94. The van der Waals surface area contributed by atoms with Crippen molar-refractivity contribution in [2.75, 3.05) is 13.2 Å². The first-order valence-corrected chi connectivity index (χ1v) is 12.7. The van der Waals surface area contributed by atoms with Gasteiger partial charge in [-0.05, 0) is 43.2 Å². The lowest BCUT2D eigenvalue weighted by Crippen LogP contribution is -2.44. The average Bonchev–Trinajstić information content (AvgIpc) is 3.32. The maximum Gasteiger partial charge on any atom is 0.475 e. The molecule has 5 rings (SSSR count). The van der Waals surface area contributed by atoms with Crippen molar-refractivity contribution in [2.45, 2.75) is 50.4 Å². The summed E-state index contributed by atoms with van der Waals surface area (Å²) in [5.74, 6) is 0. The number of fused-ring (bicyclic) bond motifs is 1. The molecule has 2 saturated heterocycles. The molecule has 0 bridgehead atoms. The van der Waals surface area contributed by atoms with E-state index < -0.39 is 38.0 Å². The molecule has 2 unspecified atom stereocenters. The van der Waals surface area contributed by atoms with Gasteiger partial charge in [0.25, 0.3) is 0 Å². The third-order valence-corrected chi connectivity index (χ3v) is 7.88. The SMILES string of the molecule is Cc1ccnc2c1ncn2[C@@H]1O[C@H](COP2(=O)OCCC(c3cccc(Cl)c3)O2)[C@@H](O)[C@@]1(C)O. The lowest BCUT2D eigenvalue weighted by atomic mass is 9.96. The molecule has 4 heterocycles. The molecule has 2 aliphatic heterocycles. The molecule has 0 radical (unpaired) electrons. The summed E-state index contributed by atoms with van der Waals surface area (Å²) in [5, 5.41) is 22.4. The normalized spacial score (nSPS) is 34.0. The summed E-state index contributed by atoms with van der Waals surface area (Å²) < 4.78 is 37.1. The van der Waals surface area contributed by atoms with E-state index in [1.807, 2.05) is 19.1 Å². The molecule has 2 fully saturated rings. The number of hydrogen-bond donors (Lipinski definition) is 2. The number of halogens is 1. The topological polar surface area (TPSA) is 125 Å². The van der Waals surface area contributed by atoms with E-state index in [1.165, 1.54) is 13.3 Å². The van der Waals surface area contributed by atoms with E-state index in [4.69, 9.17) is 29.9 Å². The Morgan fingerprint density at radius 2 is 2.18 bits per heavy atom. The van der Waals surface area contributed by atoms with Gasteiger partial charge >= 0.3 is 7.82 Å². The van der Waals surface area contributed by atoms with Crippen molar-refractivity contribution in [3.63, 3.8) is 0 Å². The fraction of sp³-hybridized carbons (Fsp3) is 0.455. The molecule has 0 spiro atoms. The van der Waals surface area contributed by atoms with Crippen molar-refractivity contribution >= 4 is 30.6 Å². The minimum absolute atomic E-state index is 0.162. The van der Waals surface area contributed by atoms with Gasteiger partial charge in [0, 0.05) is 17.6 Å². The number of aliphatic hydroxyl groups excluding tert-OH is 1. The lowest BCUT2D eigenvalue weighted by Gasteiger charge is -2.30. The maximum atomic E-state index is 13.1. The molecular formula is C22H25ClN3O7P. The highest BCUT2D eigenvalue weighted by Gasteiger charge is 2.54. The van der Waals surface area contributed by atoms with Crippen LogP contribution in [0.5, 0.6) is 0 Å². The standard InChI is InChI=1S/C22H25ClN3O7P/c1-13-6-8-24-20-18(13)25-12-26(20)21-22(2,28)19(27)17(32-21)11-31-34(29)30-9-7-16(33-34)14-4-3-5-15(23)10-14/h3-6,8,10,12,16-17,19,21,27-28H,7,9,11H2,1-2H3/t16?,17-,19-,21-,22-,34?/m1/s1. The number of imidazole rings is 1. The Balaban J connectivity index is 1.31. The van der Waals surface area contributed by atoms with Gasteiger partial charge in [0.05, 0.1) is 25.6 Å². The molecule has 12 heteroatoms. The van der Waals surface area contributed by atoms with Crippen molar-refractivity contribution in [2.24, 2.45) is 0 Å².